The Labute approximate surface area is 130 Å². The molecule has 0 amide bonds. The molecule has 110 valence electrons. The van der Waals surface area contributed by atoms with E-state index in [9.17, 15) is 5.11 Å². The molecule has 22 heavy (non-hydrogen) atoms. The minimum absolute atomic E-state index is 0.462. The standard InChI is InChI=1S/C16H14N4OS/c1-9(21)14-6-10-3-4-13(18-16(10)22-14)11-5-12-8-20(2)19-15(12)17-7-11/h3-9,21H,1-2H3. The molecule has 1 N–H and O–H groups in total. The van der Waals surface area contributed by atoms with Crippen molar-refractivity contribution in [2.75, 3.05) is 0 Å². The Kier molecular flexibility index (Phi) is 2.95. The quantitative estimate of drug-likeness (QED) is 0.617. The summed E-state index contributed by atoms with van der Waals surface area (Å²) < 4.78 is 1.76. The summed E-state index contributed by atoms with van der Waals surface area (Å²) >= 11 is 1.52. The molecular formula is C16H14N4OS. The molecule has 1 unspecified atom stereocenters. The van der Waals surface area contributed by atoms with E-state index in [0.717, 1.165) is 37.4 Å². The van der Waals surface area contributed by atoms with Crippen LogP contribution >= 0.6 is 11.3 Å². The number of fused-ring (bicyclic) bond motifs is 2. The lowest BCUT2D eigenvalue weighted by Gasteiger charge is -2.00. The lowest BCUT2D eigenvalue weighted by atomic mass is 10.1. The summed E-state index contributed by atoms with van der Waals surface area (Å²) in [6.07, 6.45) is 3.28. The molecule has 4 rings (SSSR count). The minimum atomic E-state index is -0.462. The number of pyridine rings is 2. The van der Waals surface area contributed by atoms with E-state index < -0.39 is 6.10 Å². The van der Waals surface area contributed by atoms with Gasteiger partial charge in [0.15, 0.2) is 5.65 Å². The second-order valence-electron chi connectivity index (χ2n) is 5.36. The average molecular weight is 310 g/mol. The van der Waals surface area contributed by atoms with Gasteiger partial charge in [-0.25, -0.2) is 9.97 Å². The van der Waals surface area contributed by atoms with Gasteiger partial charge in [0.05, 0.1) is 11.8 Å². The largest absolute Gasteiger partial charge is 0.388 e. The van der Waals surface area contributed by atoms with Crippen LogP contribution in [-0.2, 0) is 7.05 Å². The van der Waals surface area contributed by atoms with Gasteiger partial charge in [0.2, 0.25) is 0 Å². The fourth-order valence-corrected chi connectivity index (χ4v) is 3.45. The third-order valence-electron chi connectivity index (χ3n) is 3.58. The number of thiophene rings is 1. The predicted octanol–water partition coefficient (Wildman–Crippen LogP) is 3.30. The fraction of sp³-hybridized carbons (Fsp3) is 0.188. The molecule has 0 saturated heterocycles. The van der Waals surface area contributed by atoms with Crippen LogP contribution in [0.25, 0.3) is 32.5 Å². The maximum absolute atomic E-state index is 9.70. The topological polar surface area (TPSA) is 63.8 Å². The number of aliphatic hydroxyl groups is 1. The molecule has 4 heterocycles. The zero-order valence-electron chi connectivity index (χ0n) is 12.2. The minimum Gasteiger partial charge on any atom is -0.388 e. The highest BCUT2D eigenvalue weighted by Gasteiger charge is 2.10. The van der Waals surface area contributed by atoms with E-state index in [-0.39, 0.29) is 0 Å². The molecule has 0 radical (unpaired) electrons. The van der Waals surface area contributed by atoms with Crippen molar-refractivity contribution in [1.29, 1.82) is 0 Å². The molecule has 4 aromatic heterocycles. The Bertz CT molecular complexity index is 986. The van der Waals surface area contributed by atoms with Gasteiger partial charge in [-0.15, -0.1) is 11.3 Å². The van der Waals surface area contributed by atoms with Gasteiger partial charge in [-0.1, -0.05) is 0 Å². The fourth-order valence-electron chi connectivity index (χ4n) is 2.48. The molecule has 0 bridgehead atoms. The zero-order chi connectivity index (χ0) is 15.3. The number of rotatable bonds is 2. The lowest BCUT2D eigenvalue weighted by molar-refractivity contribution is 0.203. The molecule has 0 saturated carbocycles. The Hall–Kier alpha value is -2.31. The van der Waals surface area contributed by atoms with E-state index in [1.807, 2.05) is 37.5 Å². The van der Waals surface area contributed by atoms with E-state index in [0.29, 0.717) is 0 Å². The van der Waals surface area contributed by atoms with Crippen molar-refractivity contribution in [1.82, 2.24) is 19.7 Å². The number of hydrogen-bond donors (Lipinski definition) is 1. The second-order valence-corrected chi connectivity index (χ2v) is 6.42. The van der Waals surface area contributed by atoms with Gasteiger partial charge >= 0.3 is 0 Å². The van der Waals surface area contributed by atoms with Crippen LogP contribution in [0.15, 0.2) is 36.7 Å². The number of nitrogens with zero attached hydrogens (tertiary/aromatic N) is 4. The van der Waals surface area contributed by atoms with E-state index in [2.05, 4.69) is 10.1 Å². The first kappa shape index (κ1) is 13.4. The predicted molar refractivity (Wildman–Crippen MR) is 87.8 cm³/mol. The highest BCUT2D eigenvalue weighted by Crippen LogP contribution is 2.31. The number of aliphatic hydroxyl groups excluding tert-OH is 1. The first-order valence-corrected chi connectivity index (χ1v) is 7.80. The van der Waals surface area contributed by atoms with E-state index in [1.54, 1.807) is 17.8 Å². The van der Waals surface area contributed by atoms with E-state index >= 15 is 0 Å². The molecule has 4 aromatic rings. The van der Waals surface area contributed by atoms with Crippen LogP contribution in [0.2, 0.25) is 0 Å². The van der Waals surface area contributed by atoms with Crippen molar-refractivity contribution in [2.24, 2.45) is 7.05 Å². The van der Waals surface area contributed by atoms with Crippen molar-refractivity contribution in [3.63, 3.8) is 0 Å². The molecule has 0 aliphatic carbocycles. The van der Waals surface area contributed by atoms with Crippen LogP contribution in [0.4, 0.5) is 0 Å². The maximum atomic E-state index is 9.70. The smallest absolute Gasteiger partial charge is 0.181 e. The summed E-state index contributed by atoms with van der Waals surface area (Å²) in [5.41, 5.74) is 2.58. The lowest BCUT2D eigenvalue weighted by Crippen LogP contribution is -1.86. The zero-order valence-corrected chi connectivity index (χ0v) is 13.0. The van der Waals surface area contributed by atoms with Gasteiger partial charge in [0, 0.05) is 40.7 Å². The number of aryl methyl sites for hydroxylation is 1. The van der Waals surface area contributed by atoms with Crippen molar-refractivity contribution >= 4 is 32.6 Å². The summed E-state index contributed by atoms with van der Waals surface area (Å²) in [6.45, 7) is 1.77. The third-order valence-corrected chi connectivity index (χ3v) is 4.80. The Morgan fingerprint density at radius 2 is 2.09 bits per heavy atom. The summed E-state index contributed by atoms with van der Waals surface area (Å²) in [5.74, 6) is 0. The SMILES string of the molecule is CC(O)c1cc2ccc(-c3cnc4nn(C)cc4c3)nc2s1. The van der Waals surface area contributed by atoms with Crippen LogP contribution in [-0.4, -0.2) is 24.9 Å². The molecule has 0 spiro atoms. The van der Waals surface area contributed by atoms with Crippen LogP contribution in [0.1, 0.15) is 17.9 Å². The first-order valence-electron chi connectivity index (χ1n) is 6.98. The van der Waals surface area contributed by atoms with Crippen molar-refractivity contribution < 1.29 is 5.11 Å². The normalized spacial score (nSPS) is 13.0. The molecule has 0 fully saturated rings. The Morgan fingerprint density at radius 1 is 1.23 bits per heavy atom. The monoisotopic (exact) mass is 310 g/mol. The van der Waals surface area contributed by atoms with Crippen LogP contribution in [0, 0.1) is 0 Å². The number of aromatic nitrogens is 4. The van der Waals surface area contributed by atoms with Gasteiger partial charge in [-0.3, -0.25) is 4.68 Å². The highest BCUT2D eigenvalue weighted by atomic mass is 32.1. The molecule has 0 aliphatic heterocycles. The molecule has 1 atom stereocenters. The second kappa shape index (κ2) is 4.86. The van der Waals surface area contributed by atoms with Crippen LogP contribution in [0.3, 0.4) is 0 Å². The third kappa shape index (κ3) is 2.17. The first-order chi connectivity index (χ1) is 10.6. The van der Waals surface area contributed by atoms with Gasteiger partial charge in [0.1, 0.15) is 4.83 Å². The molecular weight excluding hydrogens is 296 g/mol. The molecule has 6 heteroatoms. The van der Waals surface area contributed by atoms with Crippen LogP contribution < -0.4 is 0 Å². The van der Waals surface area contributed by atoms with Gasteiger partial charge in [-0.2, -0.15) is 5.10 Å². The summed E-state index contributed by atoms with van der Waals surface area (Å²) in [6, 6.07) is 8.06. The summed E-state index contributed by atoms with van der Waals surface area (Å²) in [4.78, 5) is 10.9. The average Bonchev–Trinajstić information content (AvgIpc) is 3.07. The van der Waals surface area contributed by atoms with E-state index in [1.165, 1.54) is 11.3 Å². The highest BCUT2D eigenvalue weighted by molar-refractivity contribution is 7.18. The summed E-state index contributed by atoms with van der Waals surface area (Å²) in [5, 5.41) is 16.0. The number of hydrogen-bond acceptors (Lipinski definition) is 5. The van der Waals surface area contributed by atoms with Crippen molar-refractivity contribution in [3.05, 3.63) is 41.5 Å². The van der Waals surface area contributed by atoms with Gasteiger partial charge in [0.25, 0.3) is 0 Å². The van der Waals surface area contributed by atoms with Crippen molar-refractivity contribution in [2.45, 2.75) is 13.0 Å². The maximum Gasteiger partial charge on any atom is 0.181 e. The molecule has 5 nitrogen and oxygen atoms in total. The molecule has 0 aliphatic rings. The molecule has 0 aromatic carbocycles. The van der Waals surface area contributed by atoms with Gasteiger partial charge in [-0.05, 0) is 31.2 Å². The Morgan fingerprint density at radius 3 is 2.91 bits per heavy atom. The van der Waals surface area contributed by atoms with Crippen LogP contribution in [0.5, 0.6) is 0 Å². The Balaban J connectivity index is 1.84. The van der Waals surface area contributed by atoms with Gasteiger partial charge < -0.3 is 5.11 Å². The van der Waals surface area contributed by atoms with Crippen molar-refractivity contribution in [3.8, 4) is 11.3 Å². The van der Waals surface area contributed by atoms with E-state index in [4.69, 9.17) is 4.98 Å². The summed E-state index contributed by atoms with van der Waals surface area (Å²) in [7, 11) is 1.88.